The number of rotatable bonds is 2. The van der Waals surface area contributed by atoms with E-state index in [1.165, 1.54) is 0 Å². The first-order valence-corrected chi connectivity index (χ1v) is 6.72. The van der Waals surface area contributed by atoms with E-state index in [1.807, 2.05) is 24.4 Å². The van der Waals surface area contributed by atoms with Gasteiger partial charge in [-0.3, -0.25) is 4.98 Å². The summed E-state index contributed by atoms with van der Waals surface area (Å²) in [4.78, 5) is 11.9. The summed E-state index contributed by atoms with van der Waals surface area (Å²) in [6, 6.07) is 12.1. The first kappa shape index (κ1) is 11.9. The Bertz CT molecular complexity index is 943. The Hall–Kier alpha value is -2.88. The Balaban J connectivity index is 1.99. The lowest BCUT2D eigenvalue weighted by molar-refractivity contribution is 0.419. The predicted molar refractivity (Wildman–Crippen MR) is 83.4 cm³/mol. The van der Waals surface area contributed by atoms with Gasteiger partial charge < -0.3 is 9.72 Å². The highest BCUT2D eigenvalue weighted by Gasteiger charge is 2.12. The lowest BCUT2D eigenvalue weighted by atomic mass is 10.0. The number of ether oxygens (including phenoxy) is 1. The molecule has 0 spiro atoms. The van der Waals surface area contributed by atoms with Gasteiger partial charge in [0.2, 0.25) is 0 Å². The Morgan fingerprint density at radius 1 is 1.05 bits per heavy atom. The van der Waals surface area contributed by atoms with Gasteiger partial charge in [0.1, 0.15) is 11.4 Å². The summed E-state index contributed by atoms with van der Waals surface area (Å²) in [5, 5.41) is 2.12. The average Bonchev–Trinajstić information content (AvgIpc) is 2.98. The number of aromatic nitrogens is 3. The van der Waals surface area contributed by atoms with E-state index in [4.69, 9.17) is 4.74 Å². The fourth-order valence-electron chi connectivity index (χ4n) is 2.67. The number of pyridine rings is 2. The van der Waals surface area contributed by atoms with Crippen LogP contribution in [0, 0.1) is 0 Å². The molecule has 4 aromatic rings. The largest absolute Gasteiger partial charge is 0.496 e. The molecule has 0 unspecified atom stereocenters. The summed E-state index contributed by atoms with van der Waals surface area (Å²) in [5.74, 6) is 0.822. The van der Waals surface area contributed by atoms with Gasteiger partial charge in [-0.25, -0.2) is 4.98 Å². The number of nitrogens with zero attached hydrogens (tertiary/aromatic N) is 2. The van der Waals surface area contributed by atoms with Crippen LogP contribution in [-0.4, -0.2) is 22.1 Å². The molecule has 0 atom stereocenters. The maximum atomic E-state index is 5.46. The Kier molecular flexibility index (Phi) is 2.60. The van der Waals surface area contributed by atoms with Crippen molar-refractivity contribution in [1.29, 1.82) is 0 Å². The molecule has 102 valence electrons. The molecular formula is C17H13N3O. The Labute approximate surface area is 121 Å². The highest BCUT2D eigenvalue weighted by atomic mass is 16.5. The van der Waals surface area contributed by atoms with Gasteiger partial charge in [0.15, 0.2) is 0 Å². The van der Waals surface area contributed by atoms with Crippen LogP contribution in [0.4, 0.5) is 0 Å². The second-order valence-corrected chi connectivity index (χ2v) is 4.85. The standard InChI is InChI=1S/C17H13N3O/c1-21-15-6-8-19-17-16(15)13(10-20-17)11-4-5-14-12(9-11)3-2-7-18-14/h2-10H,1H3,(H,19,20). The van der Waals surface area contributed by atoms with Crippen molar-refractivity contribution >= 4 is 21.9 Å². The lowest BCUT2D eigenvalue weighted by Gasteiger charge is -2.05. The molecule has 0 fully saturated rings. The summed E-state index contributed by atoms with van der Waals surface area (Å²) >= 11 is 0. The smallest absolute Gasteiger partial charge is 0.141 e. The van der Waals surface area contributed by atoms with E-state index in [0.717, 1.165) is 38.8 Å². The molecule has 3 heterocycles. The molecule has 0 radical (unpaired) electrons. The molecule has 0 amide bonds. The van der Waals surface area contributed by atoms with Crippen LogP contribution < -0.4 is 4.74 Å². The number of H-pyrrole nitrogens is 1. The highest BCUT2D eigenvalue weighted by molar-refractivity contribution is 5.99. The maximum Gasteiger partial charge on any atom is 0.141 e. The zero-order chi connectivity index (χ0) is 14.2. The van der Waals surface area contributed by atoms with E-state index < -0.39 is 0 Å². The molecule has 0 aliphatic carbocycles. The van der Waals surface area contributed by atoms with Crippen molar-refractivity contribution < 1.29 is 4.74 Å². The minimum atomic E-state index is 0.822. The van der Waals surface area contributed by atoms with E-state index in [-0.39, 0.29) is 0 Å². The van der Waals surface area contributed by atoms with Crippen LogP contribution in [0.2, 0.25) is 0 Å². The molecule has 4 rings (SSSR count). The quantitative estimate of drug-likeness (QED) is 0.605. The number of aromatic amines is 1. The van der Waals surface area contributed by atoms with Crippen LogP contribution in [0.5, 0.6) is 5.75 Å². The van der Waals surface area contributed by atoms with E-state index in [2.05, 4.69) is 33.2 Å². The molecule has 0 bridgehead atoms. The monoisotopic (exact) mass is 275 g/mol. The molecular weight excluding hydrogens is 262 g/mol. The predicted octanol–water partition coefficient (Wildman–Crippen LogP) is 3.79. The fraction of sp³-hybridized carbons (Fsp3) is 0.0588. The van der Waals surface area contributed by atoms with Gasteiger partial charge in [0.25, 0.3) is 0 Å². The van der Waals surface area contributed by atoms with Crippen molar-refractivity contribution in [1.82, 2.24) is 15.0 Å². The molecule has 1 N–H and O–H groups in total. The van der Waals surface area contributed by atoms with Crippen molar-refractivity contribution in [2.45, 2.75) is 0 Å². The highest BCUT2D eigenvalue weighted by Crippen LogP contribution is 2.35. The summed E-state index contributed by atoms with van der Waals surface area (Å²) in [5.41, 5.74) is 4.02. The molecule has 0 saturated carbocycles. The van der Waals surface area contributed by atoms with Crippen molar-refractivity contribution in [2.75, 3.05) is 7.11 Å². The number of nitrogens with one attached hydrogen (secondary N) is 1. The number of hydrogen-bond acceptors (Lipinski definition) is 3. The van der Waals surface area contributed by atoms with Crippen molar-refractivity contribution in [3.8, 4) is 16.9 Å². The van der Waals surface area contributed by atoms with Gasteiger partial charge in [-0.15, -0.1) is 0 Å². The Morgan fingerprint density at radius 2 is 2.00 bits per heavy atom. The summed E-state index contributed by atoms with van der Waals surface area (Å²) < 4.78 is 5.46. The Morgan fingerprint density at radius 3 is 2.90 bits per heavy atom. The number of methoxy groups -OCH3 is 1. The van der Waals surface area contributed by atoms with Crippen LogP contribution >= 0.6 is 0 Å². The van der Waals surface area contributed by atoms with E-state index in [1.54, 1.807) is 19.5 Å². The van der Waals surface area contributed by atoms with Gasteiger partial charge in [-0.1, -0.05) is 12.1 Å². The topological polar surface area (TPSA) is 50.8 Å². The minimum Gasteiger partial charge on any atom is -0.496 e. The normalized spacial score (nSPS) is 11.1. The molecule has 4 nitrogen and oxygen atoms in total. The summed E-state index contributed by atoms with van der Waals surface area (Å²) in [7, 11) is 1.68. The SMILES string of the molecule is COc1ccnc2[nH]cc(-c3ccc4ncccc4c3)c12. The molecule has 0 aliphatic heterocycles. The third-order valence-electron chi connectivity index (χ3n) is 3.67. The van der Waals surface area contributed by atoms with Crippen molar-refractivity contribution in [3.63, 3.8) is 0 Å². The first-order valence-electron chi connectivity index (χ1n) is 6.72. The van der Waals surface area contributed by atoms with Crippen LogP contribution in [0.25, 0.3) is 33.1 Å². The minimum absolute atomic E-state index is 0.822. The summed E-state index contributed by atoms with van der Waals surface area (Å²) in [6.07, 6.45) is 5.52. The van der Waals surface area contributed by atoms with Gasteiger partial charge in [0, 0.05) is 29.5 Å². The zero-order valence-corrected chi connectivity index (χ0v) is 11.5. The zero-order valence-electron chi connectivity index (χ0n) is 11.5. The molecule has 0 aliphatic rings. The van der Waals surface area contributed by atoms with Crippen LogP contribution in [0.3, 0.4) is 0 Å². The van der Waals surface area contributed by atoms with Gasteiger partial charge in [-0.05, 0) is 29.8 Å². The van der Waals surface area contributed by atoms with Crippen LogP contribution in [0.15, 0.2) is 55.0 Å². The first-order chi connectivity index (χ1) is 10.4. The van der Waals surface area contributed by atoms with E-state index in [9.17, 15) is 0 Å². The van der Waals surface area contributed by atoms with E-state index in [0.29, 0.717) is 0 Å². The number of benzene rings is 1. The van der Waals surface area contributed by atoms with Crippen LogP contribution in [0.1, 0.15) is 0 Å². The van der Waals surface area contributed by atoms with Crippen molar-refractivity contribution in [2.24, 2.45) is 0 Å². The second-order valence-electron chi connectivity index (χ2n) is 4.85. The third-order valence-corrected chi connectivity index (χ3v) is 3.67. The second kappa shape index (κ2) is 4.59. The van der Waals surface area contributed by atoms with Gasteiger partial charge >= 0.3 is 0 Å². The molecule has 3 aromatic heterocycles. The lowest BCUT2D eigenvalue weighted by Crippen LogP contribution is -1.86. The molecule has 1 aromatic carbocycles. The maximum absolute atomic E-state index is 5.46. The third kappa shape index (κ3) is 1.84. The van der Waals surface area contributed by atoms with Gasteiger partial charge in [-0.2, -0.15) is 0 Å². The number of fused-ring (bicyclic) bond motifs is 2. The summed E-state index contributed by atoms with van der Waals surface area (Å²) in [6.45, 7) is 0. The van der Waals surface area contributed by atoms with Gasteiger partial charge in [0.05, 0.1) is 18.0 Å². The average molecular weight is 275 g/mol. The fourth-order valence-corrected chi connectivity index (χ4v) is 2.67. The van der Waals surface area contributed by atoms with Crippen LogP contribution in [-0.2, 0) is 0 Å². The molecule has 0 saturated heterocycles. The molecule has 21 heavy (non-hydrogen) atoms. The van der Waals surface area contributed by atoms with E-state index >= 15 is 0 Å². The van der Waals surface area contributed by atoms with Crippen molar-refractivity contribution in [3.05, 3.63) is 55.0 Å². The number of hydrogen-bond donors (Lipinski definition) is 1. The molecule has 4 heteroatoms.